The molecule has 354 valence electrons. The minimum absolute atomic E-state index is 0.0176. The molecule has 2 aromatic carbocycles. The summed E-state index contributed by atoms with van der Waals surface area (Å²) < 4.78 is 56.3. The van der Waals surface area contributed by atoms with Crippen molar-refractivity contribution in [1.82, 2.24) is 30.1 Å². The fourth-order valence-corrected chi connectivity index (χ4v) is 8.90. The highest BCUT2D eigenvalue weighted by Gasteiger charge is 2.42. The first kappa shape index (κ1) is 48.0. The lowest BCUT2D eigenvalue weighted by Gasteiger charge is -2.38. The number of carbonyl (C=O) groups excluding carboxylic acids is 4. The van der Waals surface area contributed by atoms with E-state index in [1.54, 1.807) is 41.3 Å². The van der Waals surface area contributed by atoms with Gasteiger partial charge in [-0.3, -0.25) is 14.4 Å². The van der Waals surface area contributed by atoms with Gasteiger partial charge in [0, 0.05) is 74.7 Å². The van der Waals surface area contributed by atoms with Gasteiger partial charge in [0.15, 0.2) is 0 Å². The Bertz CT molecular complexity index is 2400. The molecule has 7 rings (SSSR count). The van der Waals surface area contributed by atoms with Crippen LogP contribution in [0.3, 0.4) is 0 Å². The summed E-state index contributed by atoms with van der Waals surface area (Å²) in [5, 5.41) is 15.7. The molecule has 2 aromatic heterocycles. The smallest absolute Gasteiger partial charge is 0.453 e. The lowest BCUT2D eigenvalue weighted by atomic mass is 9.90. The zero-order valence-corrected chi connectivity index (χ0v) is 38.1. The lowest BCUT2D eigenvalue weighted by molar-refractivity contribution is -0.274. The quantitative estimate of drug-likeness (QED) is 0.119. The Balaban J connectivity index is 1.08. The van der Waals surface area contributed by atoms with E-state index in [-0.39, 0.29) is 45.5 Å². The van der Waals surface area contributed by atoms with Crippen molar-refractivity contribution in [2.45, 2.75) is 72.0 Å². The number of nitrogens with one attached hydrogen (secondary N) is 3. The molecule has 0 aliphatic carbocycles. The Morgan fingerprint density at radius 1 is 1.00 bits per heavy atom. The Labute approximate surface area is 385 Å². The Hall–Kier alpha value is -5.92. The van der Waals surface area contributed by atoms with Crippen molar-refractivity contribution in [3.63, 3.8) is 0 Å². The van der Waals surface area contributed by atoms with Crippen molar-refractivity contribution in [1.29, 1.82) is 0 Å². The highest BCUT2D eigenvalue weighted by molar-refractivity contribution is 6.34. The number of imidazole rings is 1. The van der Waals surface area contributed by atoms with E-state index in [1.165, 1.54) is 19.4 Å². The highest BCUT2D eigenvalue weighted by atomic mass is 35.5. The van der Waals surface area contributed by atoms with Gasteiger partial charge in [-0.1, -0.05) is 63.6 Å². The Morgan fingerprint density at radius 2 is 1.68 bits per heavy atom. The van der Waals surface area contributed by atoms with E-state index in [0.717, 1.165) is 6.07 Å². The number of anilines is 2. The molecule has 20 heteroatoms. The number of rotatable bonds is 11. The molecule has 0 radical (unpaired) electrons. The molecule has 16 nitrogen and oxygen atoms in total. The van der Waals surface area contributed by atoms with Crippen LogP contribution < -0.4 is 20.3 Å². The summed E-state index contributed by atoms with van der Waals surface area (Å²) in [6.07, 6.45) is -2.73. The van der Waals surface area contributed by atoms with E-state index < -0.39 is 48.2 Å². The molecule has 4 amide bonds. The van der Waals surface area contributed by atoms with E-state index in [2.05, 4.69) is 25.3 Å². The van der Waals surface area contributed by atoms with Crippen molar-refractivity contribution in [2.24, 2.45) is 17.3 Å². The van der Waals surface area contributed by atoms with E-state index in [0.29, 0.717) is 99.4 Å². The SMILES string of the molecule is COC(=O)NC(C(=O)N1CC(C)CC1c1nc(-c2ccc(-c3cc(Cl)c(NC(=O)c4ccc(N5CCN(C(=O)C(C)(C)C)CC5)nc4)cc3OC(F)(F)F)cc2)c(CO)[nH]1)C1CCOCC1. The van der Waals surface area contributed by atoms with Crippen LogP contribution in [-0.2, 0) is 25.7 Å². The number of pyridine rings is 1. The number of piperazine rings is 1. The van der Waals surface area contributed by atoms with E-state index >= 15 is 0 Å². The number of aromatic nitrogens is 3. The van der Waals surface area contributed by atoms with Gasteiger partial charge < -0.3 is 49.6 Å². The summed E-state index contributed by atoms with van der Waals surface area (Å²) in [4.78, 5) is 70.6. The van der Waals surface area contributed by atoms with Crippen LogP contribution in [0.4, 0.5) is 29.5 Å². The number of alkyl carbamates (subject to hydrolysis) is 1. The van der Waals surface area contributed by atoms with Crippen molar-refractivity contribution in [3.8, 4) is 28.1 Å². The number of carbonyl (C=O) groups is 4. The van der Waals surface area contributed by atoms with Crippen molar-refractivity contribution in [3.05, 3.63) is 76.8 Å². The van der Waals surface area contributed by atoms with Crippen molar-refractivity contribution < 1.29 is 51.7 Å². The highest BCUT2D eigenvalue weighted by Crippen LogP contribution is 2.42. The number of hydrogen-bond acceptors (Lipinski definition) is 11. The second-order valence-electron chi connectivity index (χ2n) is 17.9. The number of amides is 4. The standard InChI is InChI=1S/C46H54ClF3N8O8/c1-26-20-35(58(24-26)42(61)39(55-44(63)64-5)29-12-18-65-19-13-29)40-52-34(25-59)38(54-40)28-8-6-27(7-9-28)31-21-32(47)33(22-36(31)66-46(48,49)50)53-41(60)30-10-11-37(51-23-30)56-14-16-57(17-15-56)43(62)45(2,3)4/h6-11,21-23,26,29,35,39,59H,12-20,24-25H2,1-5H3,(H,52,54)(H,53,60)(H,55,63). The number of aliphatic hydroxyl groups is 1. The molecule has 3 unspecified atom stereocenters. The average molecular weight is 939 g/mol. The number of benzene rings is 2. The summed E-state index contributed by atoms with van der Waals surface area (Å²) >= 11 is 6.61. The second kappa shape index (κ2) is 19.9. The van der Waals surface area contributed by atoms with Crippen LogP contribution in [0.25, 0.3) is 22.4 Å². The van der Waals surface area contributed by atoms with Crippen molar-refractivity contribution >= 4 is 46.9 Å². The van der Waals surface area contributed by atoms with Crippen LogP contribution in [0.1, 0.15) is 74.9 Å². The number of aliphatic hydroxyl groups excluding tert-OH is 1. The van der Waals surface area contributed by atoms with Crippen LogP contribution in [0.15, 0.2) is 54.7 Å². The molecule has 5 heterocycles. The second-order valence-corrected chi connectivity index (χ2v) is 18.3. The minimum Gasteiger partial charge on any atom is -0.453 e. The first-order valence-corrected chi connectivity index (χ1v) is 22.2. The number of nitrogens with zero attached hydrogens (tertiary/aromatic N) is 5. The molecule has 3 aliphatic heterocycles. The normalized spacial score (nSPS) is 18.8. The largest absolute Gasteiger partial charge is 0.573 e. The summed E-state index contributed by atoms with van der Waals surface area (Å²) in [5.41, 5.74) is 1.05. The molecule has 66 heavy (non-hydrogen) atoms. The van der Waals surface area contributed by atoms with Gasteiger partial charge in [0.2, 0.25) is 11.8 Å². The number of alkyl halides is 3. The fraction of sp³-hybridized carbons (Fsp3) is 0.478. The number of halogens is 4. The zero-order chi connectivity index (χ0) is 47.5. The number of hydrogen-bond donors (Lipinski definition) is 4. The molecular weight excluding hydrogens is 885 g/mol. The zero-order valence-electron chi connectivity index (χ0n) is 37.3. The van der Waals surface area contributed by atoms with Gasteiger partial charge >= 0.3 is 12.5 Å². The maximum Gasteiger partial charge on any atom is 0.573 e. The molecule has 0 spiro atoms. The first-order chi connectivity index (χ1) is 31.3. The van der Waals surface area contributed by atoms with Crippen LogP contribution in [-0.4, -0.2) is 119 Å². The predicted molar refractivity (Wildman–Crippen MR) is 239 cm³/mol. The molecule has 3 saturated heterocycles. The lowest BCUT2D eigenvalue weighted by Crippen LogP contribution is -2.53. The van der Waals surface area contributed by atoms with E-state index in [1.807, 2.05) is 37.5 Å². The number of methoxy groups -OCH3 is 1. The van der Waals surface area contributed by atoms with Gasteiger partial charge in [0.1, 0.15) is 23.4 Å². The van der Waals surface area contributed by atoms with Gasteiger partial charge in [-0.2, -0.15) is 0 Å². The molecule has 4 N–H and O–H groups in total. The monoisotopic (exact) mass is 938 g/mol. The predicted octanol–water partition coefficient (Wildman–Crippen LogP) is 7.19. The molecular formula is C46H54ClF3N8O8. The summed E-state index contributed by atoms with van der Waals surface area (Å²) in [5.74, 6) is -0.531. The summed E-state index contributed by atoms with van der Waals surface area (Å²) in [7, 11) is 1.24. The Kier molecular flexibility index (Phi) is 14.5. The van der Waals surface area contributed by atoms with Crippen LogP contribution in [0.2, 0.25) is 5.02 Å². The van der Waals surface area contributed by atoms with Gasteiger partial charge in [-0.15, -0.1) is 13.2 Å². The van der Waals surface area contributed by atoms with Crippen LogP contribution >= 0.6 is 11.6 Å². The number of aromatic amines is 1. The Morgan fingerprint density at radius 3 is 2.29 bits per heavy atom. The van der Waals surface area contributed by atoms with Gasteiger partial charge in [-0.05, 0) is 54.9 Å². The summed E-state index contributed by atoms with van der Waals surface area (Å²) in [6, 6.07) is 10.5. The number of ether oxygens (including phenoxy) is 3. The average Bonchev–Trinajstić information content (AvgIpc) is 3.92. The van der Waals surface area contributed by atoms with Gasteiger partial charge in [-0.25, -0.2) is 14.8 Å². The maximum atomic E-state index is 14.2. The van der Waals surface area contributed by atoms with E-state index in [4.69, 9.17) is 26.1 Å². The molecule has 3 aliphatic rings. The van der Waals surface area contributed by atoms with Gasteiger partial charge in [0.05, 0.1) is 47.4 Å². The molecule has 0 saturated carbocycles. The topological polar surface area (TPSA) is 192 Å². The molecule has 0 bridgehead atoms. The fourth-order valence-electron chi connectivity index (χ4n) is 8.69. The number of H-pyrrole nitrogens is 1. The third kappa shape index (κ3) is 11.0. The van der Waals surface area contributed by atoms with Crippen LogP contribution in [0.5, 0.6) is 5.75 Å². The third-order valence-corrected chi connectivity index (χ3v) is 12.4. The number of likely N-dealkylation sites (tertiary alicyclic amines) is 1. The van der Waals surface area contributed by atoms with Crippen LogP contribution in [0, 0.1) is 17.3 Å². The molecule has 4 aromatic rings. The minimum atomic E-state index is -5.09. The molecule has 3 atom stereocenters. The third-order valence-electron chi connectivity index (χ3n) is 12.1. The van der Waals surface area contributed by atoms with Gasteiger partial charge in [0.25, 0.3) is 5.91 Å². The summed E-state index contributed by atoms with van der Waals surface area (Å²) in [6.45, 7) is 10.7. The van der Waals surface area contributed by atoms with E-state index in [9.17, 15) is 37.5 Å². The maximum absolute atomic E-state index is 14.2. The molecule has 3 fully saturated rings. The first-order valence-electron chi connectivity index (χ1n) is 21.8. The van der Waals surface area contributed by atoms with Crippen molar-refractivity contribution in [2.75, 3.05) is 63.3 Å².